The summed E-state index contributed by atoms with van der Waals surface area (Å²) in [5, 5.41) is 3.31. The first-order valence-electron chi connectivity index (χ1n) is 10.7. The molecule has 2 aromatic carbocycles. The fourth-order valence-corrected chi connectivity index (χ4v) is 4.80. The molecular weight excluding hydrogens is 374 g/mol. The second-order valence-electron chi connectivity index (χ2n) is 8.17. The maximum atomic E-state index is 13.5. The van der Waals surface area contributed by atoms with Gasteiger partial charge in [-0.3, -0.25) is 0 Å². The van der Waals surface area contributed by atoms with Gasteiger partial charge in [-0.25, -0.2) is 4.79 Å². The highest BCUT2D eigenvalue weighted by molar-refractivity contribution is 5.76. The van der Waals surface area contributed by atoms with E-state index in [1.165, 1.54) is 12.8 Å². The summed E-state index contributed by atoms with van der Waals surface area (Å²) in [7, 11) is 1.67. The van der Waals surface area contributed by atoms with Crippen molar-refractivity contribution in [2.45, 2.75) is 44.3 Å². The van der Waals surface area contributed by atoms with Gasteiger partial charge in [-0.2, -0.15) is 0 Å². The van der Waals surface area contributed by atoms with E-state index < -0.39 is 0 Å². The summed E-state index contributed by atoms with van der Waals surface area (Å²) in [4.78, 5) is 15.5. The van der Waals surface area contributed by atoms with E-state index in [1.807, 2.05) is 23.1 Å². The van der Waals surface area contributed by atoms with E-state index >= 15 is 0 Å². The summed E-state index contributed by atoms with van der Waals surface area (Å²) in [6.45, 7) is 0.563. The number of carbonyl (C=O) groups is 1. The van der Waals surface area contributed by atoms with Crippen molar-refractivity contribution in [3.8, 4) is 11.4 Å². The summed E-state index contributed by atoms with van der Waals surface area (Å²) in [6.07, 6.45) is 6.61. The van der Waals surface area contributed by atoms with Crippen molar-refractivity contribution < 1.29 is 9.53 Å². The number of nitrogens with one attached hydrogen (secondary N) is 1. The Kier molecular flexibility index (Phi) is 4.95. The number of aromatic nitrogens is 1. The van der Waals surface area contributed by atoms with Gasteiger partial charge in [0.15, 0.2) is 0 Å². The van der Waals surface area contributed by atoms with Crippen molar-refractivity contribution in [3.05, 3.63) is 83.7 Å². The Bertz CT molecular complexity index is 1030. The highest BCUT2D eigenvalue weighted by Gasteiger charge is 2.34. The first-order valence-corrected chi connectivity index (χ1v) is 10.7. The number of carbonyl (C=O) groups excluding carboxylic acids is 1. The van der Waals surface area contributed by atoms with Crippen LogP contribution < -0.4 is 10.1 Å². The molecular formula is C25H27N3O2. The monoisotopic (exact) mass is 401 g/mol. The van der Waals surface area contributed by atoms with Gasteiger partial charge in [-0.05, 0) is 54.3 Å². The molecule has 154 valence electrons. The fourth-order valence-electron chi connectivity index (χ4n) is 4.80. The Labute approximate surface area is 177 Å². The summed E-state index contributed by atoms with van der Waals surface area (Å²) < 4.78 is 7.57. The van der Waals surface area contributed by atoms with Gasteiger partial charge in [0, 0.05) is 17.9 Å². The van der Waals surface area contributed by atoms with Crippen molar-refractivity contribution in [1.82, 2.24) is 14.8 Å². The molecule has 1 saturated carbocycles. The molecule has 0 bridgehead atoms. The highest BCUT2D eigenvalue weighted by Crippen LogP contribution is 2.37. The average molecular weight is 402 g/mol. The van der Waals surface area contributed by atoms with E-state index in [4.69, 9.17) is 4.74 Å². The molecule has 1 atom stereocenters. The number of urea groups is 1. The SMILES string of the molecule is COc1ccc(C2c3cccn3-c3ccccc3CN2C(=O)NC2CCCC2)cc1. The van der Waals surface area contributed by atoms with Crippen LogP contribution in [-0.2, 0) is 6.54 Å². The third kappa shape index (κ3) is 3.34. The van der Waals surface area contributed by atoms with Crippen LogP contribution >= 0.6 is 0 Å². The number of para-hydroxylation sites is 1. The van der Waals surface area contributed by atoms with Gasteiger partial charge >= 0.3 is 6.03 Å². The van der Waals surface area contributed by atoms with Crippen LogP contribution in [0.2, 0.25) is 0 Å². The average Bonchev–Trinajstić information content (AvgIpc) is 3.44. The number of ether oxygens (including phenoxy) is 1. The van der Waals surface area contributed by atoms with Gasteiger partial charge in [0.2, 0.25) is 0 Å². The van der Waals surface area contributed by atoms with Gasteiger partial charge in [0.05, 0.1) is 25.4 Å². The number of nitrogens with zero attached hydrogens (tertiary/aromatic N) is 2. The van der Waals surface area contributed by atoms with Gasteiger partial charge in [-0.15, -0.1) is 0 Å². The van der Waals surface area contributed by atoms with Crippen LogP contribution in [-0.4, -0.2) is 28.6 Å². The molecule has 1 N–H and O–H groups in total. The zero-order valence-electron chi connectivity index (χ0n) is 17.3. The lowest BCUT2D eigenvalue weighted by molar-refractivity contribution is 0.176. The van der Waals surface area contributed by atoms with Crippen molar-refractivity contribution >= 4 is 6.03 Å². The van der Waals surface area contributed by atoms with E-state index in [0.717, 1.165) is 41.1 Å². The predicted octanol–water partition coefficient (Wildman–Crippen LogP) is 5.04. The Morgan fingerprint density at radius 1 is 1.00 bits per heavy atom. The summed E-state index contributed by atoms with van der Waals surface area (Å²) in [5.74, 6) is 0.813. The van der Waals surface area contributed by atoms with Crippen molar-refractivity contribution in [1.29, 1.82) is 0 Å². The molecule has 0 radical (unpaired) electrons. The first kappa shape index (κ1) is 18.8. The van der Waals surface area contributed by atoms with Crippen LogP contribution in [0.1, 0.15) is 48.5 Å². The zero-order valence-corrected chi connectivity index (χ0v) is 17.3. The Balaban J connectivity index is 1.60. The van der Waals surface area contributed by atoms with Crippen LogP contribution in [0, 0.1) is 0 Å². The van der Waals surface area contributed by atoms with Gasteiger partial charge in [0.25, 0.3) is 0 Å². The van der Waals surface area contributed by atoms with E-state index in [9.17, 15) is 4.79 Å². The second kappa shape index (κ2) is 7.90. The zero-order chi connectivity index (χ0) is 20.5. The number of methoxy groups -OCH3 is 1. The Morgan fingerprint density at radius 2 is 1.77 bits per heavy atom. The minimum atomic E-state index is -0.181. The molecule has 5 rings (SSSR count). The Hall–Kier alpha value is -3.21. The smallest absolute Gasteiger partial charge is 0.318 e. The molecule has 3 aromatic rings. The summed E-state index contributed by atoms with van der Waals surface area (Å²) >= 11 is 0. The number of hydrogen-bond acceptors (Lipinski definition) is 2. The van der Waals surface area contributed by atoms with E-state index in [0.29, 0.717) is 6.54 Å². The first-order chi connectivity index (χ1) is 14.7. The lowest BCUT2D eigenvalue weighted by Gasteiger charge is -2.32. The van der Waals surface area contributed by atoms with Crippen molar-refractivity contribution in [2.75, 3.05) is 7.11 Å². The molecule has 1 unspecified atom stereocenters. The number of amides is 2. The molecule has 2 amide bonds. The molecule has 1 fully saturated rings. The maximum absolute atomic E-state index is 13.5. The number of fused-ring (bicyclic) bond motifs is 3. The van der Waals surface area contributed by atoms with Crippen LogP contribution in [0.3, 0.4) is 0 Å². The van der Waals surface area contributed by atoms with Crippen LogP contribution in [0.25, 0.3) is 5.69 Å². The molecule has 2 aliphatic rings. The van der Waals surface area contributed by atoms with E-state index in [1.54, 1.807) is 7.11 Å². The minimum Gasteiger partial charge on any atom is -0.497 e. The maximum Gasteiger partial charge on any atom is 0.318 e. The van der Waals surface area contributed by atoms with Crippen LogP contribution in [0.5, 0.6) is 5.75 Å². The molecule has 1 aliphatic heterocycles. The quantitative estimate of drug-likeness (QED) is 0.668. The molecule has 5 heteroatoms. The summed E-state index contributed by atoms with van der Waals surface area (Å²) in [5.41, 5.74) is 4.44. The molecule has 30 heavy (non-hydrogen) atoms. The summed E-state index contributed by atoms with van der Waals surface area (Å²) in [6, 6.07) is 20.7. The topological polar surface area (TPSA) is 46.5 Å². The second-order valence-corrected chi connectivity index (χ2v) is 8.17. The molecule has 2 heterocycles. The Morgan fingerprint density at radius 3 is 2.53 bits per heavy atom. The standard InChI is InChI=1S/C25H27N3O2/c1-30-21-14-12-18(13-15-21)24-23-11-6-16-27(23)22-10-5-2-7-19(22)17-28(24)25(29)26-20-8-3-4-9-20/h2,5-7,10-16,20,24H,3-4,8-9,17H2,1H3,(H,26,29). The third-order valence-electron chi connectivity index (χ3n) is 6.34. The molecule has 1 aliphatic carbocycles. The lowest BCUT2D eigenvalue weighted by Crippen LogP contribution is -2.45. The van der Waals surface area contributed by atoms with Gasteiger partial charge in [0.1, 0.15) is 5.75 Å². The third-order valence-corrected chi connectivity index (χ3v) is 6.34. The minimum absolute atomic E-state index is 0.00664. The van der Waals surface area contributed by atoms with Gasteiger partial charge in [-0.1, -0.05) is 43.2 Å². The normalized spacial score (nSPS) is 18.4. The van der Waals surface area contributed by atoms with Crippen molar-refractivity contribution in [2.24, 2.45) is 0 Å². The number of rotatable bonds is 3. The number of hydrogen-bond donors (Lipinski definition) is 1. The largest absolute Gasteiger partial charge is 0.497 e. The number of benzene rings is 2. The van der Waals surface area contributed by atoms with Gasteiger partial charge < -0.3 is 19.5 Å². The molecule has 1 aromatic heterocycles. The molecule has 0 saturated heterocycles. The van der Waals surface area contributed by atoms with Crippen LogP contribution in [0.15, 0.2) is 66.9 Å². The lowest BCUT2D eigenvalue weighted by atomic mass is 10.0. The molecule has 0 spiro atoms. The van der Waals surface area contributed by atoms with Crippen molar-refractivity contribution in [3.63, 3.8) is 0 Å². The molecule has 5 nitrogen and oxygen atoms in total. The van der Waals surface area contributed by atoms with E-state index in [2.05, 4.69) is 58.5 Å². The fraction of sp³-hybridized carbons (Fsp3) is 0.320. The highest BCUT2D eigenvalue weighted by atomic mass is 16.5. The van der Waals surface area contributed by atoms with Crippen LogP contribution in [0.4, 0.5) is 4.79 Å². The van der Waals surface area contributed by atoms with E-state index in [-0.39, 0.29) is 18.1 Å². The predicted molar refractivity (Wildman–Crippen MR) is 117 cm³/mol.